The first kappa shape index (κ1) is 21.6. The Hall–Kier alpha value is -5.08. The van der Waals surface area contributed by atoms with Gasteiger partial charge in [-0.1, -0.05) is 60.7 Å². The molecule has 0 saturated carbocycles. The molecular formula is C24H16N6O2. The molecule has 0 aliphatic rings. The minimum atomic E-state index is -0.768. The number of rotatable bonds is 5. The fraction of sp³-hybridized carbons (Fsp3) is 0. The number of nitrogen functional groups attached to an aromatic ring is 1. The van der Waals surface area contributed by atoms with Crippen LogP contribution in [-0.4, -0.2) is 21.8 Å². The first-order valence-corrected chi connectivity index (χ1v) is 9.35. The van der Waals surface area contributed by atoms with E-state index in [0.29, 0.717) is 4.90 Å². The number of nitrogens with zero attached hydrogens (tertiary/aromatic N) is 5. The van der Waals surface area contributed by atoms with Gasteiger partial charge in [-0.3, -0.25) is 9.59 Å². The van der Waals surface area contributed by atoms with Crippen molar-refractivity contribution in [2.75, 3.05) is 10.6 Å². The molecule has 3 aromatic rings. The Morgan fingerprint density at radius 3 is 1.69 bits per heavy atom. The SMILES string of the molecule is N#Cc1nc(N(C(=O)/C=C/c2ccccc2)C(=O)/C=C/c2ccccc2)c(C#N)nc1N. The van der Waals surface area contributed by atoms with Gasteiger partial charge in [-0.15, -0.1) is 0 Å². The fourth-order valence-electron chi connectivity index (χ4n) is 2.68. The summed E-state index contributed by atoms with van der Waals surface area (Å²) in [7, 11) is 0. The molecular weight excluding hydrogens is 404 g/mol. The summed E-state index contributed by atoms with van der Waals surface area (Å²) in [6.07, 6.45) is 5.39. The minimum Gasteiger partial charge on any atom is -0.381 e. The molecule has 32 heavy (non-hydrogen) atoms. The summed E-state index contributed by atoms with van der Waals surface area (Å²) >= 11 is 0. The van der Waals surface area contributed by atoms with E-state index in [9.17, 15) is 20.1 Å². The molecule has 8 heteroatoms. The van der Waals surface area contributed by atoms with Gasteiger partial charge in [-0.25, -0.2) is 14.9 Å². The molecule has 2 amide bonds. The summed E-state index contributed by atoms with van der Waals surface area (Å²) in [6.45, 7) is 0. The van der Waals surface area contributed by atoms with Gasteiger partial charge in [0.2, 0.25) is 0 Å². The highest BCUT2D eigenvalue weighted by Crippen LogP contribution is 2.21. The number of nitriles is 2. The molecule has 0 atom stereocenters. The number of nitrogens with two attached hydrogens (primary N) is 1. The molecule has 0 aliphatic carbocycles. The summed E-state index contributed by atoms with van der Waals surface area (Å²) in [4.78, 5) is 34.5. The number of anilines is 2. The van der Waals surface area contributed by atoms with Gasteiger partial charge in [-0.2, -0.15) is 10.5 Å². The number of hydrogen-bond donors (Lipinski definition) is 1. The van der Waals surface area contributed by atoms with E-state index < -0.39 is 11.8 Å². The summed E-state index contributed by atoms with van der Waals surface area (Å²) in [5.74, 6) is -2.18. The number of carbonyl (C=O) groups is 2. The van der Waals surface area contributed by atoms with Gasteiger partial charge in [-0.05, 0) is 23.3 Å². The van der Waals surface area contributed by atoms with E-state index >= 15 is 0 Å². The highest BCUT2D eigenvalue weighted by atomic mass is 16.2. The number of hydrogen-bond acceptors (Lipinski definition) is 7. The minimum absolute atomic E-state index is 0.271. The second kappa shape index (κ2) is 10.1. The average molecular weight is 420 g/mol. The van der Waals surface area contributed by atoms with Crippen molar-refractivity contribution in [3.05, 3.63) is 95.3 Å². The van der Waals surface area contributed by atoms with Crippen LogP contribution in [0, 0.1) is 22.7 Å². The van der Waals surface area contributed by atoms with Crippen LogP contribution in [0.2, 0.25) is 0 Å². The van der Waals surface area contributed by atoms with Crippen LogP contribution in [-0.2, 0) is 9.59 Å². The van der Waals surface area contributed by atoms with Crippen LogP contribution in [0.25, 0.3) is 12.2 Å². The zero-order valence-electron chi connectivity index (χ0n) is 16.7. The number of imide groups is 1. The molecule has 0 saturated heterocycles. The first-order valence-electron chi connectivity index (χ1n) is 9.35. The Bertz CT molecular complexity index is 1220. The summed E-state index contributed by atoms with van der Waals surface area (Å²) in [6, 6.07) is 21.5. The normalized spacial score (nSPS) is 10.6. The van der Waals surface area contributed by atoms with Crippen LogP contribution in [0.3, 0.4) is 0 Å². The zero-order chi connectivity index (χ0) is 22.9. The molecule has 2 N–H and O–H groups in total. The molecule has 0 bridgehead atoms. The van der Waals surface area contributed by atoms with E-state index in [0.717, 1.165) is 11.1 Å². The molecule has 0 radical (unpaired) electrons. The van der Waals surface area contributed by atoms with E-state index in [1.54, 1.807) is 60.7 Å². The van der Waals surface area contributed by atoms with E-state index in [4.69, 9.17) is 5.73 Å². The molecule has 1 heterocycles. The van der Waals surface area contributed by atoms with E-state index in [1.165, 1.54) is 24.3 Å². The average Bonchev–Trinajstić information content (AvgIpc) is 2.83. The predicted molar refractivity (Wildman–Crippen MR) is 119 cm³/mol. The van der Waals surface area contributed by atoms with Crippen molar-refractivity contribution in [1.29, 1.82) is 10.5 Å². The Morgan fingerprint density at radius 1 is 0.781 bits per heavy atom. The topological polar surface area (TPSA) is 137 Å². The van der Waals surface area contributed by atoms with E-state index in [-0.39, 0.29) is 23.0 Å². The number of benzene rings is 2. The molecule has 0 fully saturated rings. The first-order chi connectivity index (χ1) is 15.5. The Labute approximate surface area is 184 Å². The van der Waals surface area contributed by atoms with Crippen molar-refractivity contribution in [2.24, 2.45) is 0 Å². The summed E-state index contributed by atoms with van der Waals surface area (Å²) in [5.41, 5.74) is 6.44. The second-order valence-electron chi connectivity index (χ2n) is 6.35. The van der Waals surface area contributed by atoms with Crippen LogP contribution in [0.4, 0.5) is 11.6 Å². The van der Waals surface area contributed by atoms with Crippen LogP contribution < -0.4 is 10.6 Å². The highest BCUT2D eigenvalue weighted by molar-refractivity contribution is 6.23. The number of aromatic nitrogens is 2. The van der Waals surface area contributed by atoms with E-state index in [1.807, 2.05) is 12.1 Å². The number of carbonyl (C=O) groups excluding carboxylic acids is 2. The van der Waals surface area contributed by atoms with Gasteiger partial charge in [0.25, 0.3) is 11.8 Å². The lowest BCUT2D eigenvalue weighted by atomic mass is 10.2. The van der Waals surface area contributed by atoms with Gasteiger partial charge in [0.15, 0.2) is 23.0 Å². The molecule has 1 aromatic heterocycles. The van der Waals surface area contributed by atoms with Gasteiger partial charge < -0.3 is 5.73 Å². The van der Waals surface area contributed by atoms with Crippen molar-refractivity contribution in [1.82, 2.24) is 9.97 Å². The van der Waals surface area contributed by atoms with Gasteiger partial charge in [0, 0.05) is 12.2 Å². The molecule has 8 nitrogen and oxygen atoms in total. The lowest BCUT2D eigenvalue weighted by Crippen LogP contribution is -2.36. The smallest absolute Gasteiger partial charge is 0.259 e. The molecule has 3 rings (SSSR count). The van der Waals surface area contributed by atoms with Crippen LogP contribution in [0.1, 0.15) is 22.5 Å². The van der Waals surface area contributed by atoms with E-state index in [2.05, 4.69) is 9.97 Å². The molecule has 0 spiro atoms. The quantitative estimate of drug-likeness (QED) is 0.626. The number of amides is 2. The molecule has 154 valence electrons. The second-order valence-corrected chi connectivity index (χ2v) is 6.35. The third kappa shape index (κ3) is 5.09. The largest absolute Gasteiger partial charge is 0.381 e. The maximum absolute atomic E-state index is 13.0. The van der Waals surface area contributed by atoms with Crippen LogP contribution >= 0.6 is 0 Å². The summed E-state index contributed by atoms with van der Waals surface area (Å²) < 4.78 is 0. The Kier molecular flexibility index (Phi) is 6.83. The fourth-order valence-corrected chi connectivity index (χ4v) is 2.68. The monoisotopic (exact) mass is 420 g/mol. The van der Waals surface area contributed by atoms with Crippen molar-refractivity contribution in [3.63, 3.8) is 0 Å². The maximum Gasteiger partial charge on any atom is 0.259 e. The van der Waals surface area contributed by atoms with Gasteiger partial charge in [0.05, 0.1) is 0 Å². The standard InChI is InChI=1S/C24H16N6O2/c25-15-19-23(27)28-20(16-26)24(29-19)30(21(31)13-11-17-7-3-1-4-8-17)22(32)14-12-18-9-5-2-6-10-18/h1-14H,(H2,27,28)/b13-11+,14-12+. The third-order valence-electron chi connectivity index (χ3n) is 4.20. The van der Waals surface area contributed by atoms with Gasteiger partial charge in [0.1, 0.15) is 12.1 Å². The Morgan fingerprint density at radius 2 is 1.25 bits per heavy atom. The lowest BCUT2D eigenvalue weighted by Gasteiger charge is -2.18. The molecule has 0 unspecified atom stereocenters. The molecule has 2 aromatic carbocycles. The Balaban J connectivity index is 2.05. The lowest BCUT2D eigenvalue weighted by molar-refractivity contribution is -0.121. The van der Waals surface area contributed by atoms with Crippen LogP contribution in [0.15, 0.2) is 72.8 Å². The van der Waals surface area contributed by atoms with Crippen LogP contribution in [0.5, 0.6) is 0 Å². The summed E-state index contributed by atoms with van der Waals surface area (Å²) in [5, 5.41) is 18.7. The zero-order valence-corrected chi connectivity index (χ0v) is 16.7. The predicted octanol–water partition coefficient (Wildman–Crippen LogP) is 3.09. The maximum atomic E-state index is 13.0. The van der Waals surface area contributed by atoms with Crippen molar-refractivity contribution < 1.29 is 9.59 Å². The molecule has 0 aliphatic heterocycles. The third-order valence-corrected chi connectivity index (χ3v) is 4.20. The van der Waals surface area contributed by atoms with Gasteiger partial charge >= 0.3 is 0 Å². The van der Waals surface area contributed by atoms with Crippen molar-refractivity contribution in [3.8, 4) is 12.1 Å². The van der Waals surface area contributed by atoms with Crippen molar-refractivity contribution >= 4 is 35.6 Å². The van der Waals surface area contributed by atoms with Crippen molar-refractivity contribution in [2.45, 2.75) is 0 Å². The highest BCUT2D eigenvalue weighted by Gasteiger charge is 2.26.